The second-order valence-corrected chi connectivity index (χ2v) is 4.24. The van der Waals surface area contributed by atoms with E-state index in [1.807, 2.05) is 24.3 Å². The fourth-order valence-corrected chi connectivity index (χ4v) is 1.82. The van der Waals surface area contributed by atoms with Crippen molar-refractivity contribution in [2.75, 3.05) is 5.32 Å². The molecular weight excluding hydrogens is 254 g/mol. The van der Waals surface area contributed by atoms with Gasteiger partial charge in [-0.2, -0.15) is 5.26 Å². The summed E-state index contributed by atoms with van der Waals surface area (Å²) in [6, 6.07) is 12.8. The number of aromatic nitrogens is 1. The van der Waals surface area contributed by atoms with Gasteiger partial charge in [0.25, 0.3) is 0 Å². The van der Waals surface area contributed by atoms with Gasteiger partial charge in [0.1, 0.15) is 11.9 Å². The third-order valence-corrected chi connectivity index (χ3v) is 2.81. The molecule has 1 aromatic heterocycles. The number of nitrogens with zero attached hydrogens (tertiary/aromatic N) is 2. The van der Waals surface area contributed by atoms with E-state index < -0.39 is 5.97 Å². The normalized spacial score (nSPS) is 9.75. The van der Waals surface area contributed by atoms with Crippen molar-refractivity contribution in [1.29, 1.82) is 5.26 Å². The van der Waals surface area contributed by atoms with Crippen molar-refractivity contribution in [3.05, 3.63) is 59.3 Å². The highest BCUT2D eigenvalue weighted by Crippen LogP contribution is 2.12. The first-order valence-corrected chi connectivity index (χ1v) is 6.07. The average Bonchev–Trinajstić information content (AvgIpc) is 2.46. The molecule has 0 atom stereocenters. The molecule has 0 spiro atoms. The fourth-order valence-electron chi connectivity index (χ4n) is 1.82. The number of carboxylic acids is 1. The third kappa shape index (κ3) is 3.56. The van der Waals surface area contributed by atoms with Gasteiger partial charge in [-0.3, -0.25) is 4.79 Å². The Balaban J connectivity index is 2.06. The van der Waals surface area contributed by atoms with Crippen LogP contribution in [0, 0.1) is 11.3 Å². The molecule has 0 fully saturated rings. The molecule has 0 aliphatic heterocycles. The first-order valence-electron chi connectivity index (χ1n) is 6.07. The lowest BCUT2D eigenvalue weighted by Gasteiger charge is -2.09. The van der Waals surface area contributed by atoms with Gasteiger partial charge in [-0.1, -0.05) is 24.3 Å². The van der Waals surface area contributed by atoms with Crippen molar-refractivity contribution in [3.8, 4) is 6.07 Å². The Morgan fingerprint density at radius 3 is 2.60 bits per heavy atom. The number of nitrogens with one attached hydrogen (secondary N) is 1. The molecule has 0 amide bonds. The van der Waals surface area contributed by atoms with Gasteiger partial charge in [-0.25, -0.2) is 4.98 Å². The molecule has 0 radical (unpaired) electrons. The monoisotopic (exact) mass is 267 g/mol. The molecule has 2 rings (SSSR count). The zero-order valence-electron chi connectivity index (χ0n) is 10.7. The molecular formula is C15H13N3O2. The van der Waals surface area contributed by atoms with Crippen molar-refractivity contribution in [2.45, 2.75) is 13.0 Å². The molecule has 0 unspecified atom stereocenters. The number of benzene rings is 1. The van der Waals surface area contributed by atoms with Crippen LogP contribution in [0.5, 0.6) is 0 Å². The largest absolute Gasteiger partial charge is 0.481 e. The summed E-state index contributed by atoms with van der Waals surface area (Å²) >= 11 is 0. The van der Waals surface area contributed by atoms with E-state index >= 15 is 0 Å². The molecule has 20 heavy (non-hydrogen) atoms. The topological polar surface area (TPSA) is 86.0 Å². The molecule has 0 aliphatic carbocycles. The van der Waals surface area contributed by atoms with Crippen LogP contribution in [0.4, 0.5) is 5.82 Å². The Hall–Kier alpha value is -2.87. The van der Waals surface area contributed by atoms with Crippen LogP contribution < -0.4 is 5.32 Å². The lowest BCUT2D eigenvalue weighted by Crippen LogP contribution is -2.07. The van der Waals surface area contributed by atoms with Gasteiger partial charge in [0.2, 0.25) is 0 Å². The van der Waals surface area contributed by atoms with Gasteiger partial charge in [-0.05, 0) is 23.3 Å². The number of pyridine rings is 1. The molecule has 0 aliphatic rings. The molecule has 0 saturated heterocycles. The Morgan fingerprint density at radius 2 is 2.00 bits per heavy atom. The number of nitriles is 1. The Bertz CT molecular complexity index is 645. The summed E-state index contributed by atoms with van der Waals surface area (Å²) in [5, 5.41) is 20.7. The van der Waals surface area contributed by atoms with E-state index in [9.17, 15) is 4.79 Å². The number of carboxylic acid groups (broad SMARTS) is 1. The van der Waals surface area contributed by atoms with E-state index in [0.717, 1.165) is 11.1 Å². The predicted octanol–water partition coefficient (Wildman–Crippen LogP) is 2.19. The molecule has 2 aromatic rings. The Labute approximate surface area is 116 Å². The smallest absolute Gasteiger partial charge is 0.307 e. The predicted molar refractivity (Wildman–Crippen MR) is 74.1 cm³/mol. The van der Waals surface area contributed by atoms with Gasteiger partial charge in [0, 0.05) is 12.7 Å². The lowest BCUT2D eigenvalue weighted by atomic mass is 10.0. The van der Waals surface area contributed by atoms with Crippen LogP contribution >= 0.6 is 0 Å². The summed E-state index contributed by atoms with van der Waals surface area (Å²) in [6.07, 6.45) is 1.49. The fraction of sp³-hybridized carbons (Fsp3) is 0.133. The number of aliphatic carboxylic acids is 1. The van der Waals surface area contributed by atoms with Crippen LogP contribution in [0.2, 0.25) is 0 Å². The average molecular weight is 267 g/mol. The summed E-state index contributed by atoms with van der Waals surface area (Å²) < 4.78 is 0. The second kappa shape index (κ2) is 6.34. The quantitative estimate of drug-likeness (QED) is 0.867. The van der Waals surface area contributed by atoms with Crippen LogP contribution in [-0.4, -0.2) is 16.1 Å². The van der Waals surface area contributed by atoms with Crippen LogP contribution in [0.3, 0.4) is 0 Å². The van der Waals surface area contributed by atoms with Crippen molar-refractivity contribution in [3.63, 3.8) is 0 Å². The van der Waals surface area contributed by atoms with Crippen molar-refractivity contribution >= 4 is 11.8 Å². The van der Waals surface area contributed by atoms with E-state index in [0.29, 0.717) is 17.9 Å². The summed E-state index contributed by atoms with van der Waals surface area (Å²) in [7, 11) is 0. The number of anilines is 1. The maximum absolute atomic E-state index is 10.8. The van der Waals surface area contributed by atoms with Crippen molar-refractivity contribution in [2.24, 2.45) is 0 Å². The Kier molecular flexibility index (Phi) is 4.30. The molecule has 1 heterocycles. The van der Waals surface area contributed by atoms with Gasteiger partial charge in [0.15, 0.2) is 0 Å². The summed E-state index contributed by atoms with van der Waals surface area (Å²) in [4.78, 5) is 14.9. The molecule has 100 valence electrons. The third-order valence-electron chi connectivity index (χ3n) is 2.81. The van der Waals surface area contributed by atoms with Crippen molar-refractivity contribution in [1.82, 2.24) is 4.98 Å². The molecule has 0 saturated carbocycles. The number of hydrogen-bond donors (Lipinski definition) is 2. The maximum atomic E-state index is 10.8. The van der Waals surface area contributed by atoms with Crippen LogP contribution in [0.25, 0.3) is 0 Å². The molecule has 0 bridgehead atoms. The highest BCUT2D eigenvalue weighted by atomic mass is 16.4. The molecule has 5 heteroatoms. The zero-order valence-corrected chi connectivity index (χ0v) is 10.7. The first kappa shape index (κ1) is 13.6. The van der Waals surface area contributed by atoms with Gasteiger partial charge >= 0.3 is 5.97 Å². The standard InChI is InChI=1S/C15H13N3O2/c16-8-11-5-6-14(17-9-11)18-10-13-4-2-1-3-12(13)7-15(19)20/h1-6,9H,7,10H2,(H,17,18)(H,19,20). The summed E-state index contributed by atoms with van der Waals surface area (Å²) in [5.41, 5.74) is 2.20. The van der Waals surface area contributed by atoms with E-state index in [2.05, 4.69) is 10.3 Å². The van der Waals surface area contributed by atoms with E-state index in [1.54, 1.807) is 18.2 Å². The SMILES string of the molecule is N#Cc1ccc(NCc2ccccc2CC(=O)O)nc1. The van der Waals surface area contributed by atoms with Crippen LogP contribution in [0.15, 0.2) is 42.6 Å². The number of rotatable bonds is 5. The van der Waals surface area contributed by atoms with Gasteiger partial charge in [-0.15, -0.1) is 0 Å². The molecule has 1 aromatic carbocycles. The van der Waals surface area contributed by atoms with Gasteiger partial charge in [0.05, 0.1) is 12.0 Å². The first-order chi connectivity index (χ1) is 9.69. The minimum absolute atomic E-state index is 0.00134. The minimum atomic E-state index is -0.853. The lowest BCUT2D eigenvalue weighted by molar-refractivity contribution is -0.136. The second-order valence-electron chi connectivity index (χ2n) is 4.24. The van der Waals surface area contributed by atoms with Crippen LogP contribution in [-0.2, 0) is 17.8 Å². The molecule has 5 nitrogen and oxygen atoms in total. The van der Waals surface area contributed by atoms with Gasteiger partial charge < -0.3 is 10.4 Å². The summed E-state index contributed by atoms with van der Waals surface area (Å²) in [5.74, 6) is -0.205. The zero-order chi connectivity index (χ0) is 14.4. The Morgan fingerprint density at radius 1 is 1.25 bits per heavy atom. The van der Waals surface area contributed by atoms with Crippen molar-refractivity contribution < 1.29 is 9.90 Å². The number of carbonyl (C=O) groups is 1. The minimum Gasteiger partial charge on any atom is -0.481 e. The maximum Gasteiger partial charge on any atom is 0.307 e. The number of hydrogen-bond acceptors (Lipinski definition) is 4. The summed E-state index contributed by atoms with van der Waals surface area (Å²) in [6.45, 7) is 0.488. The highest BCUT2D eigenvalue weighted by Gasteiger charge is 2.06. The van der Waals surface area contributed by atoms with E-state index in [-0.39, 0.29) is 6.42 Å². The highest BCUT2D eigenvalue weighted by molar-refractivity contribution is 5.70. The molecule has 2 N–H and O–H groups in total. The van der Waals surface area contributed by atoms with Crippen LogP contribution in [0.1, 0.15) is 16.7 Å². The van der Waals surface area contributed by atoms with E-state index in [1.165, 1.54) is 6.20 Å². The van der Waals surface area contributed by atoms with E-state index in [4.69, 9.17) is 10.4 Å².